The lowest BCUT2D eigenvalue weighted by Gasteiger charge is -2.19. The van der Waals surface area contributed by atoms with Gasteiger partial charge in [-0.3, -0.25) is 0 Å². The van der Waals surface area contributed by atoms with Gasteiger partial charge < -0.3 is 4.57 Å². The van der Waals surface area contributed by atoms with Crippen LogP contribution in [-0.4, -0.2) is 0 Å². The van der Waals surface area contributed by atoms with Crippen molar-refractivity contribution < 1.29 is 4.57 Å². The largest absolute Gasteiger partial charge is 0.302 e. The number of benzene rings is 3. The average molecular weight is 352 g/mol. The van der Waals surface area contributed by atoms with Gasteiger partial charge in [0.2, 0.25) is 0 Å². The van der Waals surface area contributed by atoms with Gasteiger partial charge in [0.1, 0.15) is 0 Å². The van der Waals surface area contributed by atoms with Crippen molar-refractivity contribution in [3.8, 4) is 0 Å². The standard InChI is InChI=1S/C21H21OPS/c1-16-4-10-19(11-5-16)23(22,20-12-6-17(2)7-13-20)24-21-14-8-18(3)9-15-21/h4-15H,1-3H3. The summed E-state index contributed by atoms with van der Waals surface area (Å²) in [7, 11) is 0. The van der Waals surface area contributed by atoms with E-state index in [0.717, 1.165) is 15.5 Å². The third kappa shape index (κ3) is 3.66. The topological polar surface area (TPSA) is 17.1 Å². The molecule has 0 aliphatic heterocycles. The molecule has 0 N–H and O–H groups in total. The van der Waals surface area contributed by atoms with Crippen molar-refractivity contribution in [2.75, 3.05) is 0 Å². The van der Waals surface area contributed by atoms with Crippen LogP contribution in [0.15, 0.2) is 77.7 Å². The zero-order valence-electron chi connectivity index (χ0n) is 14.2. The van der Waals surface area contributed by atoms with Crippen LogP contribution in [0.1, 0.15) is 16.7 Å². The van der Waals surface area contributed by atoms with Gasteiger partial charge in [0.25, 0.3) is 0 Å². The highest BCUT2D eigenvalue weighted by molar-refractivity contribution is 8.62. The maximum atomic E-state index is 14.1. The van der Waals surface area contributed by atoms with Crippen LogP contribution in [0.25, 0.3) is 0 Å². The van der Waals surface area contributed by atoms with E-state index in [0.29, 0.717) is 0 Å². The summed E-state index contributed by atoms with van der Waals surface area (Å²) in [6.45, 7) is 6.16. The van der Waals surface area contributed by atoms with Crippen LogP contribution in [0.5, 0.6) is 0 Å². The fraction of sp³-hybridized carbons (Fsp3) is 0.143. The molecule has 0 atom stereocenters. The molecule has 3 aromatic rings. The molecule has 0 bridgehead atoms. The molecule has 0 amide bonds. The third-order valence-corrected chi connectivity index (χ3v) is 9.37. The van der Waals surface area contributed by atoms with Crippen molar-refractivity contribution in [2.24, 2.45) is 0 Å². The predicted octanol–water partition coefficient (Wildman–Crippen LogP) is 5.63. The minimum absolute atomic E-state index is 0.891. The summed E-state index contributed by atoms with van der Waals surface area (Å²) in [5, 5.41) is 1.78. The second-order valence-electron chi connectivity index (χ2n) is 6.13. The molecule has 0 aliphatic carbocycles. The van der Waals surface area contributed by atoms with Crippen molar-refractivity contribution in [3.05, 3.63) is 89.5 Å². The number of rotatable bonds is 4. The first kappa shape index (κ1) is 17.1. The van der Waals surface area contributed by atoms with E-state index < -0.39 is 6.34 Å². The number of aryl methyl sites for hydroxylation is 3. The molecule has 3 heteroatoms. The Balaban J connectivity index is 2.09. The molecule has 0 aromatic heterocycles. The molecule has 0 unspecified atom stereocenters. The normalized spacial score (nSPS) is 11.5. The van der Waals surface area contributed by atoms with Crippen LogP contribution < -0.4 is 10.6 Å². The van der Waals surface area contributed by atoms with E-state index in [4.69, 9.17) is 0 Å². The monoisotopic (exact) mass is 352 g/mol. The van der Waals surface area contributed by atoms with Gasteiger partial charge in [-0.25, -0.2) is 0 Å². The van der Waals surface area contributed by atoms with Crippen LogP contribution in [0.2, 0.25) is 0 Å². The molecule has 0 spiro atoms. The van der Waals surface area contributed by atoms with E-state index in [9.17, 15) is 4.57 Å². The highest BCUT2D eigenvalue weighted by Gasteiger charge is 2.28. The Labute approximate surface area is 148 Å². The van der Waals surface area contributed by atoms with E-state index in [1.54, 1.807) is 0 Å². The Morgan fingerprint density at radius 2 is 0.917 bits per heavy atom. The summed E-state index contributed by atoms with van der Waals surface area (Å²) in [4.78, 5) is 1.03. The van der Waals surface area contributed by atoms with Crippen molar-refractivity contribution in [3.63, 3.8) is 0 Å². The van der Waals surface area contributed by atoms with Crippen LogP contribution in [0, 0.1) is 20.8 Å². The summed E-state index contributed by atoms with van der Waals surface area (Å²) in [6.07, 6.45) is -2.78. The van der Waals surface area contributed by atoms with E-state index >= 15 is 0 Å². The van der Waals surface area contributed by atoms with Gasteiger partial charge in [0.05, 0.1) is 0 Å². The summed E-state index contributed by atoms with van der Waals surface area (Å²) >= 11 is 1.47. The Morgan fingerprint density at radius 1 is 0.583 bits per heavy atom. The van der Waals surface area contributed by atoms with Gasteiger partial charge >= 0.3 is 0 Å². The summed E-state index contributed by atoms with van der Waals surface area (Å²) in [5.74, 6) is 0. The smallest absolute Gasteiger partial charge is 0.199 e. The zero-order chi connectivity index (χ0) is 17.2. The van der Waals surface area contributed by atoms with Gasteiger partial charge in [-0.15, -0.1) is 0 Å². The minimum atomic E-state index is -2.78. The van der Waals surface area contributed by atoms with Crippen molar-refractivity contribution in [1.29, 1.82) is 0 Å². The lowest BCUT2D eigenvalue weighted by Crippen LogP contribution is -2.13. The first-order valence-electron chi connectivity index (χ1n) is 7.98. The molecule has 24 heavy (non-hydrogen) atoms. The number of hydrogen-bond acceptors (Lipinski definition) is 2. The van der Waals surface area contributed by atoms with Crippen LogP contribution in [0.3, 0.4) is 0 Å². The minimum Gasteiger partial charge on any atom is -0.302 e. The van der Waals surface area contributed by atoms with Crippen LogP contribution >= 0.6 is 17.7 Å². The highest BCUT2D eigenvalue weighted by Crippen LogP contribution is 2.59. The highest BCUT2D eigenvalue weighted by atomic mass is 32.7. The van der Waals surface area contributed by atoms with Gasteiger partial charge in [-0.2, -0.15) is 0 Å². The van der Waals surface area contributed by atoms with Gasteiger partial charge in [-0.05, 0) is 32.9 Å². The molecule has 0 aliphatic rings. The quantitative estimate of drug-likeness (QED) is 0.566. The maximum Gasteiger partial charge on any atom is 0.199 e. The summed E-state index contributed by atoms with van der Waals surface area (Å²) in [5.41, 5.74) is 3.56. The molecule has 1 nitrogen and oxygen atoms in total. The molecule has 3 rings (SSSR count). The second kappa shape index (κ2) is 7.01. The van der Waals surface area contributed by atoms with E-state index in [-0.39, 0.29) is 0 Å². The van der Waals surface area contributed by atoms with Gasteiger partial charge in [-0.1, -0.05) is 88.7 Å². The fourth-order valence-electron chi connectivity index (χ4n) is 2.48. The third-order valence-electron chi connectivity index (χ3n) is 4.00. The van der Waals surface area contributed by atoms with E-state index in [1.165, 1.54) is 28.1 Å². The Hall–Kier alpha value is -1.76. The van der Waals surface area contributed by atoms with E-state index in [2.05, 4.69) is 31.2 Å². The SMILES string of the molecule is Cc1ccc(SP(=O)(c2ccc(C)cc2)c2ccc(C)cc2)cc1. The zero-order valence-corrected chi connectivity index (χ0v) is 15.9. The Kier molecular flexibility index (Phi) is 4.99. The molecule has 122 valence electrons. The molecule has 0 heterocycles. The lowest BCUT2D eigenvalue weighted by atomic mass is 10.2. The molecule has 0 saturated heterocycles. The predicted molar refractivity (Wildman–Crippen MR) is 106 cm³/mol. The Morgan fingerprint density at radius 3 is 1.29 bits per heavy atom. The first-order valence-corrected chi connectivity index (χ1v) is 11.1. The molecule has 0 fully saturated rings. The first-order chi connectivity index (χ1) is 11.5. The molecular weight excluding hydrogens is 331 g/mol. The van der Waals surface area contributed by atoms with Gasteiger partial charge in [0, 0.05) is 15.5 Å². The maximum absolute atomic E-state index is 14.1. The summed E-state index contributed by atoms with van der Waals surface area (Å²) in [6, 6.07) is 24.4. The van der Waals surface area contributed by atoms with Crippen LogP contribution in [-0.2, 0) is 4.57 Å². The lowest BCUT2D eigenvalue weighted by molar-refractivity contribution is 0.595. The average Bonchev–Trinajstić information content (AvgIpc) is 2.58. The molecule has 0 saturated carbocycles. The second-order valence-corrected chi connectivity index (χ2v) is 11.0. The summed E-state index contributed by atoms with van der Waals surface area (Å²) < 4.78 is 14.1. The molecule has 3 aromatic carbocycles. The van der Waals surface area contributed by atoms with Crippen molar-refractivity contribution >= 4 is 28.3 Å². The van der Waals surface area contributed by atoms with E-state index in [1.807, 2.05) is 62.4 Å². The van der Waals surface area contributed by atoms with Crippen LogP contribution in [0.4, 0.5) is 0 Å². The fourth-order valence-corrected chi connectivity index (χ4v) is 7.25. The Bertz CT molecular complexity index is 816. The molecule has 0 radical (unpaired) electrons. The van der Waals surface area contributed by atoms with Crippen molar-refractivity contribution in [1.82, 2.24) is 0 Å². The van der Waals surface area contributed by atoms with Gasteiger partial charge in [0.15, 0.2) is 6.34 Å². The van der Waals surface area contributed by atoms with Crippen molar-refractivity contribution in [2.45, 2.75) is 25.7 Å². The number of hydrogen-bond donors (Lipinski definition) is 0. The molecular formula is C21H21OPS.